The normalized spacial score (nSPS) is 21.1. The molecule has 0 spiro atoms. The summed E-state index contributed by atoms with van der Waals surface area (Å²) in [5.74, 6) is -0.313. The van der Waals surface area contributed by atoms with E-state index in [0.29, 0.717) is 21.4 Å². The number of thioether (sulfide) groups is 1. The molecule has 0 aromatic heterocycles. The first-order chi connectivity index (χ1) is 11.5. The number of benzene rings is 2. The molecule has 0 bridgehead atoms. The van der Waals surface area contributed by atoms with E-state index in [4.69, 9.17) is 23.2 Å². The van der Waals surface area contributed by atoms with Crippen molar-refractivity contribution in [2.45, 2.75) is 18.0 Å². The zero-order chi connectivity index (χ0) is 17.3. The van der Waals surface area contributed by atoms with Crippen LogP contribution in [0.4, 0.5) is 0 Å². The lowest BCUT2D eigenvalue weighted by molar-refractivity contribution is -0.142. The van der Waals surface area contributed by atoms with Gasteiger partial charge in [0.25, 0.3) is 0 Å². The van der Waals surface area contributed by atoms with Gasteiger partial charge in [-0.2, -0.15) is 0 Å². The van der Waals surface area contributed by atoms with E-state index in [2.05, 4.69) is 0 Å². The second-order valence-electron chi connectivity index (χ2n) is 5.54. The summed E-state index contributed by atoms with van der Waals surface area (Å²) in [6, 6.07) is 11.5. The molecule has 0 radical (unpaired) electrons. The minimum Gasteiger partial charge on any atom is -0.508 e. The molecule has 2 unspecified atom stereocenters. The number of phenols is 1. The van der Waals surface area contributed by atoms with Crippen LogP contribution in [0.5, 0.6) is 5.75 Å². The first kappa shape index (κ1) is 17.4. The fourth-order valence-corrected chi connectivity index (χ4v) is 4.61. The Hall–Kier alpha value is -1.40. The van der Waals surface area contributed by atoms with Gasteiger partial charge in [0, 0.05) is 27.9 Å². The molecule has 0 amide bonds. The number of carboxylic acids is 1. The third-order valence-corrected chi connectivity index (χ3v) is 5.76. The molecule has 3 rings (SSSR count). The van der Waals surface area contributed by atoms with Crippen molar-refractivity contribution < 1.29 is 15.0 Å². The summed E-state index contributed by atoms with van der Waals surface area (Å²) < 4.78 is 0. The van der Waals surface area contributed by atoms with Crippen molar-refractivity contribution in [1.29, 1.82) is 0 Å². The second-order valence-corrected chi connectivity index (χ2v) is 7.53. The molecule has 1 aliphatic heterocycles. The fourth-order valence-electron chi connectivity index (χ4n) is 2.77. The minimum atomic E-state index is -0.881. The lowest BCUT2D eigenvalue weighted by Crippen LogP contribution is -2.38. The molecule has 2 aromatic rings. The molecule has 2 atom stereocenters. The van der Waals surface area contributed by atoms with Gasteiger partial charge in [-0.1, -0.05) is 35.3 Å². The Labute approximate surface area is 154 Å². The first-order valence-corrected chi connectivity index (χ1v) is 9.09. The molecule has 7 heteroatoms. The van der Waals surface area contributed by atoms with E-state index in [9.17, 15) is 15.0 Å². The summed E-state index contributed by atoms with van der Waals surface area (Å²) in [7, 11) is 0. The van der Waals surface area contributed by atoms with E-state index < -0.39 is 12.0 Å². The van der Waals surface area contributed by atoms with Gasteiger partial charge in [-0.3, -0.25) is 9.69 Å². The van der Waals surface area contributed by atoms with Crippen LogP contribution >= 0.6 is 35.0 Å². The van der Waals surface area contributed by atoms with Crippen molar-refractivity contribution in [3.8, 4) is 5.75 Å². The van der Waals surface area contributed by atoms with Crippen LogP contribution in [0.25, 0.3) is 0 Å². The van der Waals surface area contributed by atoms with E-state index >= 15 is 0 Å². The fraction of sp³-hybridized carbons (Fsp3) is 0.235. The van der Waals surface area contributed by atoms with Crippen LogP contribution < -0.4 is 0 Å². The minimum absolute atomic E-state index is 0.102. The topological polar surface area (TPSA) is 60.8 Å². The van der Waals surface area contributed by atoms with Gasteiger partial charge in [-0.15, -0.1) is 11.8 Å². The van der Waals surface area contributed by atoms with Crippen molar-refractivity contribution in [2.75, 3.05) is 5.75 Å². The SMILES string of the molecule is O=C(O)C1CSC(c2cccc(Cl)c2)N1Cc1cc(Cl)ccc1O. The zero-order valence-corrected chi connectivity index (χ0v) is 14.9. The van der Waals surface area contributed by atoms with Gasteiger partial charge in [-0.25, -0.2) is 0 Å². The molecule has 0 aliphatic carbocycles. The summed E-state index contributed by atoms with van der Waals surface area (Å²) in [5.41, 5.74) is 1.54. The molecule has 4 nitrogen and oxygen atoms in total. The van der Waals surface area contributed by atoms with Crippen LogP contribution in [0.15, 0.2) is 42.5 Å². The zero-order valence-electron chi connectivity index (χ0n) is 12.5. The van der Waals surface area contributed by atoms with Crippen LogP contribution in [-0.4, -0.2) is 32.9 Å². The number of nitrogens with zero attached hydrogens (tertiary/aromatic N) is 1. The maximum atomic E-state index is 11.6. The third kappa shape index (κ3) is 3.64. The Morgan fingerprint density at radius 2 is 1.96 bits per heavy atom. The summed E-state index contributed by atoms with van der Waals surface area (Å²) in [6.45, 7) is 0.285. The Bertz CT molecular complexity index is 771. The highest BCUT2D eigenvalue weighted by molar-refractivity contribution is 7.99. The van der Waals surface area contributed by atoms with Gasteiger partial charge >= 0.3 is 5.97 Å². The standard InChI is InChI=1S/C17H15Cl2NO3S/c18-12-3-1-2-10(6-12)16-20(14(9-24-16)17(22)23)8-11-7-13(19)4-5-15(11)21/h1-7,14,16,21H,8-9H2,(H,22,23). The number of halogens is 2. The molecule has 1 fully saturated rings. The monoisotopic (exact) mass is 383 g/mol. The number of hydrogen-bond acceptors (Lipinski definition) is 4. The Morgan fingerprint density at radius 1 is 1.21 bits per heavy atom. The van der Waals surface area contributed by atoms with Crippen LogP contribution in [-0.2, 0) is 11.3 Å². The smallest absolute Gasteiger partial charge is 0.321 e. The lowest BCUT2D eigenvalue weighted by Gasteiger charge is -2.27. The largest absolute Gasteiger partial charge is 0.508 e. The van der Waals surface area contributed by atoms with Gasteiger partial charge in [0.15, 0.2) is 0 Å². The van der Waals surface area contributed by atoms with E-state index in [-0.39, 0.29) is 17.7 Å². The maximum Gasteiger partial charge on any atom is 0.321 e. The van der Waals surface area contributed by atoms with Crippen LogP contribution in [0, 0.1) is 0 Å². The summed E-state index contributed by atoms with van der Waals surface area (Å²) in [6.07, 6.45) is 0. The van der Waals surface area contributed by atoms with Gasteiger partial charge in [0.2, 0.25) is 0 Å². The molecule has 2 aromatic carbocycles. The lowest BCUT2D eigenvalue weighted by atomic mass is 10.1. The van der Waals surface area contributed by atoms with E-state index in [1.165, 1.54) is 6.07 Å². The number of aliphatic carboxylic acids is 1. The molecule has 126 valence electrons. The molecule has 1 aliphatic rings. The second kappa shape index (κ2) is 7.23. The highest BCUT2D eigenvalue weighted by Gasteiger charge is 2.39. The molecule has 1 saturated heterocycles. The summed E-state index contributed by atoms with van der Waals surface area (Å²) >= 11 is 13.6. The number of phenolic OH excluding ortho intramolecular Hbond substituents is 1. The average Bonchev–Trinajstić information content (AvgIpc) is 2.95. The van der Waals surface area contributed by atoms with Crippen molar-refractivity contribution in [3.63, 3.8) is 0 Å². The van der Waals surface area contributed by atoms with Crippen LogP contribution in [0.2, 0.25) is 10.0 Å². The van der Waals surface area contributed by atoms with Crippen LogP contribution in [0.1, 0.15) is 16.5 Å². The molecule has 0 saturated carbocycles. The van der Waals surface area contributed by atoms with Crippen molar-refractivity contribution in [2.24, 2.45) is 0 Å². The van der Waals surface area contributed by atoms with Gasteiger partial charge in [-0.05, 0) is 35.9 Å². The van der Waals surface area contributed by atoms with Crippen LogP contribution in [0.3, 0.4) is 0 Å². The highest BCUT2D eigenvalue weighted by Crippen LogP contribution is 2.43. The molecule has 24 heavy (non-hydrogen) atoms. The maximum absolute atomic E-state index is 11.6. The highest BCUT2D eigenvalue weighted by atomic mass is 35.5. The van der Waals surface area contributed by atoms with Crippen molar-refractivity contribution >= 4 is 40.9 Å². The Kier molecular flexibility index (Phi) is 5.25. The van der Waals surface area contributed by atoms with E-state index in [1.54, 1.807) is 30.0 Å². The van der Waals surface area contributed by atoms with Gasteiger partial charge in [0.1, 0.15) is 11.8 Å². The van der Waals surface area contributed by atoms with Gasteiger partial charge in [0.05, 0.1) is 5.37 Å². The predicted molar refractivity (Wildman–Crippen MR) is 96.7 cm³/mol. The number of carboxylic acid groups (broad SMARTS) is 1. The molecular formula is C17H15Cl2NO3S. The van der Waals surface area contributed by atoms with Gasteiger partial charge < -0.3 is 10.2 Å². The van der Waals surface area contributed by atoms with Crippen molar-refractivity contribution in [1.82, 2.24) is 4.90 Å². The first-order valence-electron chi connectivity index (χ1n) is 7.28. The number of aromatic hydroxyl groups is 1. The van der Waals surface area contributed by atoms with Crippen molar-refractivity contribution in [3.05, 3.63) is 63.6 Å². The molecule has 1 heterocycles. The number of rotatable bonds is 4. The Morgan fingerprint density at radius 3 is 2.67 bits per heavy atom. The van der Waals surface area contributed by atoms with E-state index in [1.807, 2.05) is 23.1 Å². The van der Waals surface area contributed by atoms with E-state index in [0.717, 1.165) is 5.56 Å². The summed E-state index contributed by atoms with van der Waals surface area (Å²) in [4.78, 5) is 13.5. The molecular weight excluding hydrogens is 369 g/mol. The third-order valence-electron chi connectivity index (χ3n) is 3.93. The number of carbonyl (C=O) groups is 1. The number of hydrogen-bond donors (Lipinski definition) is 2. The molecule has 2 N–H and O–H groups in total. The summed E-state index contributed by atoms with van der Waals surface area (Å²) in [5, 5.41) is 20.6. The quantitative estimate of drug-likeness (QED) is 0.818. The average molecular weight is 384 g/mol. The Balaban J connectivity index is 1.95. The predicted octanol–water partition coefficient (Wildman–Crippen LogP) is 4.40.